The number of rotatable bonds is 1. The highest BCUT2D eigenvalue weighted by molar-refractivity contribution is 5.85. The summed E-state index contributed by atoms with van der Waals surface area (Å²) in [7, 11) is 0. The number of aliphatic carboxylic acids is 1. The molecule has 0 bridgehead atoms. The zero-order valence-electron chi connectivity index (χ0n) is 5.41. The van der Waals surface area contributed by atoms with Gasteiger partial charge in [0, 0.05) is 6.54 Å². The van der Waals surface area contributed by atoms with Crippen molar-refractivity contribution in [3.63, 3.8) is 0 Å². The Labute approximate surface area is 65.5 Å². The Morgan fingerprint density at radius 3 is 2.60 bits per heavy atom. The van der Waals surface area contributed by atoms with E-state index >= 15 is 0 Å². The van der Waals surface area contributed by atoms with Gasteiger partial charge in [-0.2, -0.15) is 0 Å². The Bertz CT molecular complexity index is 147. The molecule has 0 fully saturated rings. The summed E-state index contributed by atoms with van der Waals surface area (Å²) in [6.45, 7) is 0.678. The summed E-state index contributed by atoms with van der Waals surface area (Å²) in [5.74, 6) is -0.764. The Kier molecular flexibility index (Phi) is 4.07. The molecule has 0 saturated carbocycles. The normalized spacial score (nSPS) is 23.4. The predicted octanol–water partition coefficient (Wildman–Crippen LogP) is 0.411. The van der Waals surface area contributed by atoms with Crippen LogP contribution in [-0.4, -0.2) is 23.7 Å². The van der Waals surface area contributed by atoms with Crippen LogP contribution in [0.15, 0.2) is 12.2 Å². The Balaban J connectivity index is 0.000000810. The van der Waals surface area contributed by atoms with E-state index in [0.717, 1.165) is 0 Å². The van der Waals surface area contributed by atoms with E-state index in [1.54, 1.807) is 0 Å². The first-order valence-corrected chi connectivity index (χ1v) is 2.92. The summed E-state index contributed by atoms with van der Waals surface area (Å²) in [5, 5.41) is 11.3. The molecule has 0 aromatic heterocycles. The number of hydrogen-bond acceptors (Lipinski definition) is 2. The van der Waals surface area contributed by atoms with Crippen molar-refractivity contribution in [2.24, 2.45) is 0 Å². The first-order valence-electron chi connectivity index (χ1n) is 2.92. The van der Waals surface area contributed by atoms with Crippen LogP contribution in [0.2, 0.25) is 0 Å². The van der Waals surface area contributed by atoms with Gasteiger partial charge in [0.05, 0.1) is 0 Å². The Morgan fingerprint density at radius 1 is 1.60 bits per heavy atom. The van der Waals surface area contributed by atoms with Crippen LogP contribution in [-0.2, 0) is 4.79 Å². The third kappa shape index (κ3) is 2.37. The lowest BCUT2D eigenvalue weighted by molar-refractivity contribution is -0.139. The molecule has 0 radical (unpaired) electrons. The third-order valence-corrected chi connectivity index (χ3v) is 1.32. The average Bonchev–Trinajstić information content (AvgIpc) is 1.90. The van der Waals surface area contributed by atoms with Gasteiger partial charge in [0.1, 0.15) is 6.04 Å². The summed E-state index contributed by atoms with van der Waals surface area (Å²) in [6.07, 6.45) is 4.42. The molecule has 1 rings (SSSR count). The Hall–Kier alpha value is -0.540. The number of carbonyl (C=O) groups is 1. The molecule has 1 heterocycles. The van der Waals surface area contributed by atoms with Crippen molar-refractivity contribution in [1.29, 1.82) is 0 Å². The summed E-state index contributed by atoms with van der Waals surface area (Å²) >= 11 is 0. The van der Waals surface area contributed by atoms with Crippen LogP contribution in [0.1, 0.15) is 6.42 Å². The molecule has 0 amide bonds. The zero-order valence-corrected chi connectivity index (χ0v) is 6.23. The lowest BCUT2D eigenvalue weighted by atomic mass is 10.1. The molecule has 1 unspecified atom stereocenters. The molecule has 0 aromatic carbocycles. The second-order valence-corrected chi connectivity index (χ2v) is 2.01. The van der Waals surface area contributed by atoms with E-state index in [2.05, 4.69) is 5.32 Å². The second-order valence-electron chi connectivity index (χ2n) is 2.01. The minimum Gasteiger partial charge on any atom is -0.480 e. The van der Waals surface area contributed by atoms with Crippen LogP contribution in [0.25, 0.3) is 0 Å². The molecular formula is C6H10ClNO2. The zero-order chi connectivity index (χ0) is 6.69. The molecule has 4 heteroatoms. The van der Waals surface area contributed by atoms with Gasteiger partial charge in [-0.3, -0.25) is 4.79 Å². The molecule has 1 aliphatic rings. The van der Waals surface area contributed by atoms with Crippen molar-refractivity contribution in [1.82, 2.24) is 5.32 Å². The smallest absolute Gasteiger partial charge is 0.321 e. The Morgan fingerprint density at radius 2 is 2.30 bits per heavy atom. The number of carboxylic acid groups (broad SMARTS) is 1. The van der Waals surface area contributed by atoms with E-state index in [1.807, 2.05) is 12.2 Å². The number of nitrogens with one attached hydrogen (secondary N) is 1. The van der Waals surface area contributed by atoms with E-state index in [0.29, 0.717) is 13.0 Å². The fraction of sp³-hybridized carbons (Fsp3) is 0.500. The van der Waals surface area contributed by atoms with E-state index < -0.39 is 5.97 Å². The van der Waals surface area contributed by atoms with E-state index in [4.69, 9.17) is 5.11 Å². The maximum absolute atomic E-state index is 10.3. The van der Waals surface area contributed by atoms with Crippen LogP contribution < -0.4 is 5.32 Å². The molecule has 3 nitrogen and oxygen atoms in total. The van der Waals surface area contributed by atoms with Gasteiger partial charge in [0.25, 0.3) is 0 Å². The summed E-state index contributed by atoms with van der Waals surface area (Å²) in [6, 6.07) is -0.366. The SMILES string of the molecule is Cl.O=C(O)C1CC=CCN1. The third-order valence-electron chi connectivity index (χ3n) is 1.32. The first kappa shape index (κ1) is 9.46. The van der Waals surface area contributed by atoms with E-state index in [9.17, 15) is 4.79 Å². The van der Waals surface area contributed by atoms with E-state index in [-0.39, 0.29) is 18.4 Å². The van der Waals surface area contributed by atoms with Gasteiger partial charge >= 0.3 is 5.97 Å². The summed E-state index contributed by atoms with van der Waals surface area (Å²) in [4.78, 5) is 10.3. The molecule has 2 N–H and O–H groups in total. The van der Waals surface area contributed by atoms with Crippen LogP contribution in [0.3, 0.4) is 0 Å². The monoisotopic (exact) mass is 163 g/mol. The average molecular weight is 164 g/mol. The molecule has 0 spiro atoms. The van der Waals surface area contributed by atoms with Gasteiger partial charge in [-0.15, -0.1) is 12.4 Å². The molecule has 0 saturated heterocycles. The minimum absolute atomic E-state index is 0. The van der Waals surface area contributed by atoms with Crippen molar-refractivity contribution in [2.45, 2.75) is 12.5 Å². The lowest BCUT2D eigenvalue weighted by Gasteiger charge is -2.13. The lowest BCUT2D eigenvalue weighted by Crippen LogP contribution is -2.38. The highest BCUT2D eigenvalue weighted by Crippen LogP contribution is 1.97. The number of carboxylic acids is 1. The van der Waals surface area contributed by atoms with Gasteiger partial charge in [-0.1, -0.05) is 12.2 Å². The van der Waals surface area contributed by atoms with Crippen LogP contribution >= 0.6 is 12.4 Å². The van der Waals surface area contributed by atoms with Crippen LogP contribution in [0, 0.1) is 0 Å². The van der Waals surface area contributed by atoms with Gasteiger partial charge in [0.15, 0.2) is 0 Å². The molecule has 58 valence electrons. The van der Waals surface area contributed by atoms with Crippen molar-refractivity contribution < 1.29 is 9.90 Å². The van der Waals surface area contributed by atoms with Crippen molar-refractivity contribution in [3.05, 3.63) is 12.2 Å². The summed E-state index contributed by atoms with van der Waals surface area (Å²) in [5.41, 5.74) is 0. The van der Waals surface area contributed by atoms with Crippen molar-refractivity contribution >= 4 is 18.4 Å². The number of halogens is 1. The fourth-order valence-corrected chi connectivity index (χ4v) is 0.797. The van der Waals surface area contributed by atoms with Crippen LogP contribution in [0.5, 0.6) is 0 Å². The largest absolute Gasteiger partial charge is 0.480 e. The maximum atomic E-state index is 10.3. The molecule has 0 aromatic rings. The van der Waals surface area contributed by atoms with Crippen LogP contribution in [0.4, 0.5) is 0 Å². The second kappa shape index (κ2) is 4.30. The summed E-state index contributed by atoms with van der Waals surface area (Å²) < 4.78 is 0. The first-order chi connectivity index (χ1) is 4.30. The minimum atomic E-state index is -0.764. The van der Waals surface area contributed by atoms with Gasteiger partial charge in [-0.05, 0) is 6.42 Å². The molecule has 10 heavy (non-hydrogen) atoms. The molecule has 0 aliphatic carbocycles. The molecule has 1 aliphatic heterocycles. The molecular weight excluding hydrogens is 154 g/mol. The maximum Gasteiger partial charge on any atom is 0.321 e. The van der Waals surface area contributed by atoms with Gasteiger partial charge < -0.3 is 10.4 Å². The van der Waals surface area contributed by atoms with Gasteiger partial charge in [0.2, 0.25) is 0 Å². The number of hydrogen-bond donors (Lipinski definition) is 2. The van der Waals surface area contributed by atoms with E-state index in [1.165, 1.54) is 0 Å². The van der Waals surface area contributed by atoms with Gasteiger partial charge in [-0.25, -0.2) is 0 Å². The highest BCUT2D eigenvalue weighted by Gasteiger charge is 2.15. The van der Waals surface area contributed by atoms with Crippen molar-refractivity contribution in [3.8, 4) is 0 Å². The predicted molar refractivity (Wildman–Crippen MR) is 40.4 cm³/mol. The highest BCUT2D eigenvalue weighted by atomic mass is 35.5. The topological polar surface area (TPSA) is 49.3 Å². The fourth-order valence-electron chi connectivity index (χ4n) is 0.797. The standard InChI is InChI=1S/C6H9NO2.ClH/c8-6(9)5-3-1-2-4-7-5;/h1-2,5,7H,3-4H2,(H,8,9);1H. The molecule has 1 atom stereocenters. The quantitative estimate of drug-likeness (QED) is 0.551. The van der Waals surface area contributed by atoms with Crippen molar-refractivity contribution in [2.75, 3.05) is 6.54 Å².